The summed E-state index contributed by atoms with van der Waals surface area (Å²) in [6, 6.07) is 0. The van der Waals surface area contributed by atoms with Crippen LogP contribution in [0.4, 0.5) is 0 Å². The number of nitrogens with one attached hydrogen (secondary N) is 2. The molecule has 0 fully saturated rings. The highest BCUT2D eigenvalue weighted by atomic mass is 16.4. The van der Waals surface area contributed by atoms with Gasteiger partial charge in [0, 0.05) is 20.3 Å². The van der Waals surface area contributed by atoms with Crippen LogP contribution in [0.1, 0.15) is 33.6 Å². The molecule has 0 rings (SSSR count). The minimum absolute atomic E-state index is 0.0962. The summed E-state index contributed by atoms with van der Waals surface area (Å²) in [7, 11) is 0. The van der Waals surface area contributed by atoms with E-state index in [1.165, 1.54) is 20.8 Å². The van der Waals surface area contributed by atoms with Crippen LogP contribution in [-0.4, -0.2) is 34.3 Å². The smallest absolute Gasteiger partial charge is 0.329 e. The molecule has 1 unspecified atom stereocenters. The normalized spacial score (nSPS) is 13.4. The third-order valence-electron chi connectivity index (χ3n) is 2.09. The third kappa shape index (κ3) is 5.64. The monoisotopic (exact) mass is 244 g/mol. The zero-order valence-electron chi connectivity index (χ0n) is 9.99. The maximum absolute atomic E-state index is 11.2. The highest BCUT2D eigenvalue weighted by Gasteiger charge is 2.34. The topological polar surface area (TPSA) is 113 Å². The van der Waals surface area contributed by atoms with E-state index in [4.69, 9.17) is 5.11 Å². The van der Waals surface area contributed by atoms with Crippen molar-refractivity contribution >= 4 is 23.7 Å². The standard InChI is InChI=1S/C10H16N2O5/c1-6(13)11-8(15)4-5-10(3,9(16)17)12-7(2)14/h4-5H2,1-3H3,(H,12,14)(H,16,17)(H,11,13,15). The van der Waals surface area contributed by atoms with Gasteiger partial charge in [-0.15, -0.1) is 0 Å². The molecule has 17 heavy (non-hydrogen) atoms. The van der Waals surface area contributed by atoms with E-state index in [-0.39, 0.29) is 12.8 Å². The van der Waals surface area contributed by atoms with Gasteiger partial charge in [-0.3, -0.25) is 19.7 Å². The summed E-state index contributed by atoms with van der Waals surface area (Å²) in [5.74, 6) is -2.81. The van der Waals surface area contributed by atoms with Gasteiger partial charge in [0.15, 0.2) is 0 Å². The van der Waals surface area contributed by atoms with Gasteiger partial charge in [-0.2, -0.15) is 0 Å². The van der Waals surface area contributed by atoms with Crippen molar-refractivity contribution in [2.75, 3.05) is 0 Å². The van der Waals surface area contributed by atoms with Gasteiger partial charge in [-0.1, -0.05) is 0 Å². The first-order chi connectivity index (χ1) is 7.67. The van der Waals surface area contributed by atoms with Crippen LogP contribution in [-0.2, 0) is 19.2 Å². The molecule has 3 N–H and O–H groups in total. The molecule has 0 aromatic carbocycles. The van der Waals surface area contributed by atoms with Crippen molar-refractivity contribution < 1.29 is 24.3 Å². The van der Waals surface area contributed by atoms with Gasteiger partial charge >= 0.3 is 5.97 Å². The first-order valence-corrected chi connectivity index (χ1v) is 5.00. The lowest BCUT2D eigenvalue weighted by Gasteiger charge is -2.25. The summed E-state index contributed by atoms with van der Waals surface area (Å²) in [5, 5.41) is 13.2. The Labute approximate surface area is 98.6 Å². The van der Waals surface area contributed by atoms with Crippen molar-refractivity contribution in [3.8, 4) is 0 Å². The Bertz CT molecular complexity index is 353. The van der Waals surface area contributed by atoms with Crippen molar-refractivity contribution in [1.29, 1.82) is 0 Å². The molecule has 96 valence electrons. The Balaban J connectivity index is 4.47. The number of carbonyl (C=O) groups excluding carboxylic acids is 3. The second-order valence-corrected chi connectivity index (χ2v) is 3.92. The van der Waals surface area contributed by atoms with Crippen LogP contribution in [0.5, 0.6) is 0 Å². The van der Waals surface area contributed by atoms with Crippen molar-refractivity contribution in [2.24, 2.45) is 0 Å². The second-order valence-electron chi connectivity index (χ2n) is 3.92. The molecule has 1 atom stereocenters. The van der Waals surface area contributed by atoms with E-state index in [0.717, 1.165) is 0 Å². The zero-order chi connectivity index (χ0) is 13.6. The van der Waals surface area contributed by atoms with Gasteiger partial charge in [-0.25, -0.2) is 4.79 Å². The van der Waals surface area contributed by atoms with Crippen LogP contribution in [0.3, 0.4) is 0 Å². The van der Waals surface area contributed by atoms with Crippen molar-refractivity contribution in [3.05, 3.63) is 0 Å². The number of carboxylic acid groups (broad SMARTS) is 1. The van der Waals surface area contributed by atoms with E-state index >= 15 is 0 Å². The number of amides is 3. The molecule has 0 aliphatic rings. The minimum Gasteiger partial charge on any atom is -0.480 e. The maximum Gasteiger partial charge on any atom is 0.329 e. The Morgan fingerprint density at radius 2 is 1.65 bits per heavy atom. The lowest BCUT2D eigenvalue weighted by atomic mass is 9.95. The molecule has 0 aliphatic carbocycles. The van der Waals surface area contributed by atoms with Crippen molar-refractivity contribution in [2.45, 2.75) is 39.2 Å². The summed E-state index contributed by atoms with van der Waals surface area (Å²) in [6.45, 7) is 3.68. The average Bonchev–Trinajstić information content (AvgIpc) is 2.12. The molecule has 0 aliphatic heterocycles. The molecule has 0 saturated heterocycles. The summed E-state index contributed by atoms with van der Waals surface area (Å²) in [5.41, 5.74) is -1.51. The lowest BCUT2D eigenvalue weighted by Crippen LogP contribution is -2.52. The number of hydrogen-bond donors (Lipinski definition) is 3. The first-order valence-electron chi connectivity index (χ1n) is 5.00. The number of rotatable bonds is 5. The van der Waals surface area contributed by atoms with Crippen LogP contribution in [0.25, 0.3) is 0 Å². The summed E-state index contributed by atoms with van der Waals surface area (Å²) >= 11 is 0. The summed E-state index contributed by atoms with van der Waals surface area (Å²) in [4.78, 5) is 43.6. The molecular weight excluding hydrogens is 228 g/mol. The molecule has 0 bridgehead atoms. The molecule has 0 saturated carbocycles. The number of imide groups is 1. The van der Waals surface area contributed by atoms with Crippen LogP contribution in [0.2, 0.25) is 0 Å². The molecule has 0 aromatic rings. The Kier molecular flexibility index (Phi) is 5.30. The van der Waals surface area contributed by atoms with E-state index in [0.29, 0.717) is 0 Å². The largest absolute Gasteiger partial charge is 0.480 e. The number of aliphatic carboxylic acids is 1. The van der Waals surface area contributed by atoms with E-state index in [1.807, 2.05) is 5.32 Å². The lowest BCUT2D eigenvalue weighted by molar-refractivity contribution is -0.147. The molecule has 0 radical (unpaired) electrons. The van der Waals surface area contributed by atoms with Gasteiger partial charge in [0.05, 0.1) is 0 Å². The van der Waals surface area contributed by atoms with E-state index < -0.39 is 29.2 Å². The summed E-state index contributed by atoms with van der Waals surface area (Å²) in [6.07, 6.45) is -0.260. The van der Waals surface area contributed by atoms with Crippen LogP contribution in [0.15, 0.2) is 0 Å². The summed E-state index contributed by atoms with van der Waals surface area (Å²) < 4.78 is 0. The Morgan fingerprint density at radius 3 is 2.00 bits per heavy atom. The molecule has 0 aromatic heterocycles. The van der Waals surface area contributed by atoms with Crippen LogP contribution in [0, 0.1) is 0 Å². The quantitative estimate of drug-likeness (QED) is 0.598. The van der Waals surface area contributed by atoms with Crippen molar-refractivity contribution in [1.82, 2.24) is 10.6 Å². The SMILES string of the molecule is CC(=O)NC(=O)CCC(C)(NC(C)=O)C(=O)O. The fourth-order valence-electron chi connectivity index (χ4n) is 1.23. The van der Waals surface area contributed by atoms with Crippen LogP contribution < -0.4 is 10.6 Å². The minimum atomic E-state index is -1.51. The molecule has 7 nitrogen and oxygen atoms in total. The van der Waals surface area contributed by atoms with Gasteiger partial charge in [-0.05, 0) is 13.3 Å². The van der Waals surface area contributed by atoms with Crippen LogP contribution >= 0.6 is 0 Å². The predicted octanol–water partition coefficient (Wildman–Crippen LogP) is -0.591. The Morgan fingerprint density at radius 1 is 1.12 bits per heavy atom. The number of carbonyl (C=O) groups is 4. The van der Waals surface area contributed by atoms with E-state index in [2.05, 4.69) is 5.32 Å². The average molecular weight is 244 g/mol. The predicted molar refractivity (Wildman–Crippen MR) is 57.9 cm³/mol. The maximum atomic E-state index is 11.2. The molecular formula is C10H16N2O5. The van der Waals surface area contributed by atoms with Crippen molar-refractivity contribution in [3.63, 3.8) is 0 Å². The van der Waals surface area contributed by atoms with Gasteiger partial charge in [0.25, 0.3) is 0 Å². The molecule has 0 heterocycles. The Hall–Kier alpha value is -1.92. The molecule has 3 amide bonds. The van der Waals surface area contributed by atoms with E-state index in [9.17, 15) is 19.2 Å². The highest BCUT2D eigenvalue weighted by molar-refractivity contribution is 5.94. The van der Waals surface area contributed by atoms with E-state index in [1.54, 1.807) is 0 Å². The van der Waals surface area contributed by atoms with Gasteiger partial charge in [0.1, 0.15) is 5.54 Å². The molecule has 0 spiro atoms. The second kappa shape index (κ2) is 5.97. The highest BCUT2D eigenvalue weighted by Crippen LogP contribution is 2.12. The number of carboxylic acids is 1. The fraction of sp³-hybridized carbons (Fsp3) is 0.600. The first kappa shape index (κ1) is 15.1. The number of hydrogen-bond acceptors (Lipinski definition) is 4. The zero-order valence-corrected chi connectivity index (χ0v) is 9.99. The third-order valence-corrected chi connectivity index (χ3v) is 2.09. The van der Waals surface area contributed by atoms with Gasteiger partial charge < -0.3 is 10.4 Å². The van der Waals surface area contributed by atoms with Gasteiger partial charge in [0.2, 0.25) is 17.7 Å². The fourth-order valence-corrected chi connectivity index (χ4v) is 1.23. The molecule has 7 heteroatoms.